The summed E-state index contributed by atoms with van der Waals surface area (Å²) < 4.78 is 8.14. The van der Waals surface area contributed by atoms with Crippen molar-refractivity contribution in [2.75, 3.05) is 6.61 Å². The number of hydrogen-bond acceptors (Lipinski definition) is 2. The second kappa shape index (κ2) is 7.75. The van der Waals surface area contributed by atoms with Crippen molar-refractivity contribution in [1.82, 2.24) is 4.57 Å². The van der Waals surface area contributed by atoms with Crippen LogP contribution in [0.5, 0.6) is 0 Å². The zero-order valence-corrected chi connectivity index (χ0v) is 20.9. The molecule has 3 heteroatoms. The SMILES string of the molecule is CC(C)(C)c1ccc2c(c1)c1cc(C(C)(C)C)ccc1n2CCOC(=O)C1C[C@H]2C=C[C@@H]1C2. The summed E-state index contributed by atoms with van der Waals surface area (Å²) >= 11 is 0. The number of fused-ring (bicyclic) bond motifs is 5. The first-order valence-electron chi connectivity index (χ1n) is 12.4. The van der Waals surface area contributed by atoms with Crippen LogP contribution in [-0.2, 0) is 26.9 Å². The van der Waals surface area contributed by atoms with Gasteiger partial charge in [-0.1, -0.05) is 65.8 Å². The van der Waals surface area contributed by atoms with Crippen LogP contribution in [0, 0.1) is 17.8 Å². The molecule has 2 aliphatic rings. The highest BCUT2D eigenvalue weighted by atomic mass is 16.5. The molecule has 3 nitrogen and oxygen atoms in total. The molecule has 3 aromatic rings. The standard InChI is InChI=1S/C30H37NO2/c1-29(2,3)21-9-11-26-24(17-21)25-18-22(30(4,5)6)10-12-27(25)31(26)13-14-33-28(32)23-16-19-7-8-20(23)15-19/h7-12,17-20,23H,13-16H2,1-6H3/t19-,20+,23?/m0/s1. The lowest BCUT2D eigenvalue weighted by Crippen LogP contribution is -2.23. The van der Waals surface area contributed by atoms with Crippen LogP contribution >= 0.6 is 0 Å². The van der Waals surface area contributed by atoms with Crippen molar-refractivity contribution in [2.45, 2.75) is 71.8 Å². The number of carbonyl (C=O) groups excluding carboxylic acids is 1. The van der Waals surface area contributed by atoms with E-state index in [1.54, 1.807) is 0 Å². The summed E-state index contributed by atoms with van der Waals surface area (Å²) in [5.41, 5.74) is 5.28. The van der Waals surface area contributed by atoms with E-state index in [0.717, 1.165) is 12.8 Å². The Balaban J connectivity index is 1.47. The van der Waals surface area contributed by atoms with E-state index in [1.165, 1.54) is 32.9 Å². The maximum Gasteiger partial charge on any atom is 0.309 e. The Morgan fingerprint density at radius 2 is 1.45 bits per heavy atom. The molecule has 0 saturated heterocycles. The van der Waals surface area contributed by atoms with E-state index >= 15 is 0 Å². The molecule has 1 fully saturated rings. The van der Waals surface area contributed by atoms with Crippen molar-refractivity contribution < 1.29 is 9.53 Å². The molecular weight excluding hydrogens is 406 g/mol. The lowest BCUT2D eigenvalue weighted by atomic mass is 9.85. The molecule has 33 heavy (non-hydrogen) atoms. The Hall–Kier alpha value is -2.55. The first-order valence-corrected chi connectivity index (χ1v) is 12.4. The normalized spacial score (nSPS) is 22.5. The molecule has 5 rings (SSSR count). The van der Waals surface area contributed by atoms with Crippen molar-refractivity contribution in [3.8, 4) is 0 Å². The summed E-state index contributed by atoms with van der Waals surface area (Å²) in [5, 5.41) is 2.57. The zero-order valence-electron chi connectivity index (χ0n) is 20.9. The Kier molecular flexibility index (Phi) is 5.23. The third kappa shape index (κ3) is 4.00. The van der Waals surface area contributed by atoms with Crippen LogP contribution in [0.15, 0.2) is 48.6 Å². The van der Waals surface area contributed by atoms with Crippen molar-refractivity contribution in [3.63, 3.8) is 0 Å². The summed E-state index contributed by atoms with van der Waals surface area (Å²) in [6.45, 7) is 14.7. The van der Waals surface area contributed by atoms with E-state index in [9.17, 15) is 4.79 Å². The average Bonchev–Trinajstić information content (AvgIpc) is 3.45. The predicted molar refractivity (Wildman–Crippen MR) is 137 cm³/mol. The van der Waals surface area contributed by atoms with Crippen LogP contribution in [0.1, 0.15) is 65.5 Å². The number of benzene rings is 2. The van der Waals surface area contributed by atoms with Crippen LogP contribution in [0.3, 0.4) is 0 Å². The van der Waals surface area contributed by atoms with Crippen molar-refractivity contribution in [2.24, 2.45) is 17.8 Å². The zero-order chi connectivity index (χ0) is 23.5. The molecule has 1 heterocycles. The molecule has 1 saturated carbocycles. The van der Waals surface area contributed by atoms with Gasteiger partial charge in [0.15, 0.2) is 0 Å². The number of allylic oxidation sites excluding steroid dienone is 2. The quantitative estimate of drug-likeness (QED) is 0.317. The van der Waals surface area contributed by atoms with Crippen LogP contribution < -0.4 is 0 Å². The van der Waals surface area contributed by atoms with Crippen molar-refractivity contribution in [1.29, 1.82) is 0 Å². The van der Waals surface area contributed by atoms with E-state index in [4.69, 9.17) is 4.74 Å². The highest BCUT2D eigenvalue weighted by Crippen LogP contribution is 2.44. The minimum Gasteiger partial charge on any atom is -0.464 e. The summed E-state index contributed by atoms with van der Waals surface area (Å²) in [6.07, 6.45) is 6.57. The molecule has 2 bridgehead atoms. The largest absolute Gasteiger partial charge is 0.464 e. The molecular formula is C30H37NO2. The Morgan fingerprint density at radius 1 is 0.879 bits per heavy atom. The number of hydrogen-bond donors (Lipinski definition) is 0. The highest BCUT2D eigenvalue weighted by molar-refractivity contribution is 6.08. The van der Waals surface area contributed by atoms with Gasteiger partial charge in [0.25, 0.3) is 0 Å². The fourth-order valence-electron chi connectivity index (χ4n) is 5.67. The third-order valence-electron chi connectivity index (χ3n) is 7.74. The minimum absolute atomic E-state index is 0.0161. The Morgan fingerprint density at radius 3 is 1.91 bits per heavy atom. The second-order valence-corrected chi connectivity index (χ2v) is 12.2. The van der Waals surface area contributed by atoms with Crippen LogP contribution in [-0.4, -0.2) is 17.1 Å². The first kappa shape index (κ1) is 22.3. The fraction of sp³-hybridized carbons (Fsp3) is 0.500. The molecule has 0 amide bonds. The van der Waals surface area contributed by atoms with E-state index in [-0.39, 0.29) is 22.7 Å². The van der Waals surface area contributed by atoms with Gasteiger partial charge in [-0.25, -0.2) is 0 Å². The monoisotopic (exact) mass is 443 g/mol. The van der Waals surface area contributed by atoms with Gasteiger partial charge in [0, 0.05) is 21.8 Å². The Labute approximate surface area is 197 Å². The van der Waals surface area contributed by atoms with Gasteiger partial charge < -0.3 is 9.30 Å². The van der Waals surface area contributed by atoms with Crippen molar-refractivity contribution >= 4 is 27.8 Å². The van der Waals surface area contributed by atoms with Gasteiger partial charge in [-0.3, -0.25) is 4.79 Å². The van der Waals surface area contributed by atoms with E-state index in [0.29, 0.717) is 25.0 Å². The van der Waals surface area contributed by atoms with Gasteiger partial charge in [-0.05, 0) is 70.9 Å². The number of esters is 1. The van der Waals surface area contributed by atoms with Crippen LogP contribution in [0.25, 0.3) is 21.8 Å². The highest BCUT2D eigenvalue weighted by Gasteiger charge is 2.40. The lowest BCUT2D eigenvalue weighted by Gasteiger charge is -2.19. The van der Waals surface area contributed by atoms with E-state index < -0.39 is 0 Å². The number of carbonyl (C=O) groups is 1. The molecule has 0 N–H and O–H groups in total. The number of nitrogens with zero attached hydrogens (tertiary/aromatic N) is 1. The molecule has 174 valence electrons. The van der Waals surface area contributed by atoms with Gasteiger partial charge in [0.1, 0.15) is 6.61 Å². The van der Waals surface area contributed by atoms with Gasteiger partial charge in [0.2, 0.25) is 0 Å². The van der Waals surface area contributed by atoms with Crippen molar-refractivity contribution in [3.05, 3.63) is 59.7 Å². The number of ether oxygens (including phenoxy) is 1. The fourth-order valence-corrected chi connectivity index (χ4v) is 5.67. The topological polar surface area (TPSA) is 31.2 Å². The number of rotatable bonds is 4. The third-order valence-corrected chi connectivity index (χ3v) is 7.74. The van der Waals surface area contributed by atoms with E-state index in [2.05, 4.69) is 94.7 Å². The number of aromatic nitrogens is 1. The molecule has 0 radical (unpaired) electrons. The van der Waals surface area contributed by atoms with Gasteiger partial charge >= 0.3 is 5.97 Å². The second-order valence-electron chi connectivity index (χ2n) is 12.2. The van der Waals surface area contributed by atoms with Crippen LogP contribution in [0.2, 0.25) is 0 Å². The van der Waals surface area contributed by atoms with Crippen LogP contribution in [0.4, 0.5) is 0 Å². The van der Waals surface area contributed by atoms with Gasteiger partial charge in [-0.15, -0.1) is 0 Å². The Bertz CT molecular complexity index is 1180. The molecule has 2 aliphatic carbocycles. The summed E-state index contributed by atoms with van der Waals surface area (Å²) in [4.78, 5) is 12.7. The average molecular weight is 444 g/mol. The van der Waals surface area contributed by atoms with Gasteiger partial charge in [-0.2, -0.15) is 0 Å². The smallest absolute Gasteiger partial charge is 0.309 e. The molecule has 1 unspecified atom stereocenters. The maximum atomic E-state index is 12.7. The maximum absolute atomic E-state index is 12.7. The molecule has 3 atom stereocenters. The summed E-state index contributed by atoms with van der Waals surface area (Å²) in [7, 11) is 0. The summed E-state index contributed by atoms with van der Waals surface area (Å²) in [5.74, 6) is 1.01. The molecule has 0 aliphatic heterocycles. The lowest BCUT2D eigenvalue weighted by molar-refractivity contribution is -0.149. The minimum atomic E-state index is -0.0161. The molecule has 0 spiro atoms. The molecule has 1 aromatic heterocycles. The predicted octanol–water partition coefficient (Wildman–Crippen LogP) is 7.14. The van der Waals surface area contributed by atoms with Gasteiger partial charge in [0.05, 0.1) is 12.5 Å². The van der Waals surface area contributed by atoms with E-state index in [1.807, 2.05) is 0 Å². The molecule has 2 aromatic carbocycles. The summed E-state index contributed by atoms with van der Waals surface area (Å²) in [6, 6.07) is 13.7. The first-order chi connectivity index (χ1) is 15.5.